The number of aliphatic hydroxyl groups excluding tert-OH is 1. The first kappa shape index (κ1) is 62.1. The van der Waals surface area contributed by atoms with Crippen molar-refractivity contribution in [2.24, 2.45) is 35.5 Å². The zero-order valence-electron chi connectivity index (χ0n) is 42.4. The fraction of sp³-hybridized carbons (Fsp3) is 0.720. The van der Waals surface area contributed by atoms with Gasteiger partial charge in [0.05, 0.1) is 33.0 Å². The van der Waals surface area contributed by atoms with Crippen LogP contribution in [-0.2, 0) is 76.6 Å². The first-order valence-corrected chi connectivity index (χ1v) is 30.6. The van der Waals surface area contributed by atoms with Crippen LogP contribution in [-0.4, -0.2) is 156 Å². The Morgan fingerprint density at radius 2 is 0.776 bits per heavy atom. The predicted octanol–water partition coefficient (Wildman–Crippen LogP) is 5.77. The molecule has 7 aliphatic rings. The van der Waals surface area contributed by atoms with Gasteiger partial charge >= 0.3 is 24.2 Å². The van der Waals surface area contributed by atoms with E-state index in [2.05, 4.69) is 38.2 Å². The number of hydrogen-bond acceptors (Lipinski definition) is 23. The van der Waals surface area contributed by atoms with Gasteiger partial charge in [0, 0.05) is 113 Å². The molecule has 0 aromatic carbocycles. The number of hydrogen-bond donors (Lipinski definition) is 1. The molecule has 0 aromatic heterocycles. The molecule has 3 saturated heterocycles. The van der Waals surface area contributed by atoms with E-state index in [1.807, 2.05) is 0 Å². The van der Waals surface area contributed by atoms with Gasteiger partial charge in [-0.2, -0.15) is 4.79 Å². The van der Waals surface area contributed by atoms with Crippen molar-refractivity contribution in [2.45, 2.75) is 116 Å². The van der Waals surface area contributed by atoms with Crippen LogP contribution in [0.5, 0.6) is 0 Å². The number of rotatable bonds is 28. The lowest BCUT2D eigenvalue weighted by Crippen LogP contribution is -2.37. The quantitative estimate of drug-likeness (QED) is 0.0243. The molecule has 6 amide bonds. The van der Waals surface area contributed by atoms with E-state index < -0.39 is 47.8 Å². The number of carbonyl (C=O) groups is 10. The normalized spacial score (nSPS) is 23.0. The van der Waals surface area contributed by atoms with Crippen LogP contribution in [0.1, 0.15) is 116 Å². The first-order valence-electron chi connectivity index (χ1n) is 25.7. The van der Waals surface area contributed by atoms with Crippen molar-refractivity contribution in [1.29, 1.82) is 0 Å². The Hall–Kier alpha value is -4.70. The van der Waals surface area contributed by atoms with Gasteiger partial charge in [-0.05, 0) is 74.0 Å². The number of nitrogens with zero attached hydrogens (tertiary/aromatic N) is 3. The van der Waals surface area contributed by atoms with Crippen molar-refractivity contribution in [3.63, 3.8) is 0 Å². The molecule has 22 nitrogen and oxygen atoms in total. The highest BCUT2D eigenvalue weighted by atomic mass is 33.1. The van der Waals surface area contributed by atoms with E-state index in [1.165, 1.54) is 23.6 Å². The third kappa shape index (κ3) is 22.7. The molecule has 0 bridgehead atoms. The second-order valence-corrected chi connectivity index (χ2v) is 23.4. The lowest BCUT2D eigenvalue weighted by molar-refractivity contribution is -0.198. The largest absolute Gasteiger partial charge is 0.560 e. The molecular formula is C50H67N3O19S4. The minimum absolute atomic E-state index is 0.0441. The molecule has 0 spiro atoms. The van der Waals surface area contributed by atoms with Crippen LogP contribution in [0.15, 0.2) is 0 Å². The van der Waals surface area contributed by atoms with Crippen LogP contribution < -0.4 is 0 Å². The van der Waals surface area contributed by atoms with Crippen molar-refractivity contribution in [2.75, 3.05) is 75.9 Å². The molecular weight excluding hydrogens is 1070 g/mol. The predicted molar refractivity (Wildman–Crippen MR) is 276 cm³/mol. The van der Waals surface area contributed by atoms with E-state index >= 15 is 0 Å². The number of carbonyl (C=O) groups excluding carboxylic acids is 10. The van der Waals surface area contributed by atoms with Gasteiger partial charge in [0.25, 0.3) is 35.4 Å². The molecule has 26 heteroatoms. The Morgan fingerprint density at radius 1 is 0.447 bits per heavy atom. The van der Waals surface area contributed by atoms with Crippen molar-refractivity contribution in [3.8, 4) is 23.7 Å². The van der Waals surface area contributed by atoms with Crippen LogP contribution in [0.25, 0.3) is 0 Å². The first-order chi connectivity index (χ1) is 36.9. The van der Waals surface area contributed by atoms with Crippen LogP contribution in [0.3, 0.4) is 0 Å². The van der Waals surface area contributed by atoms with Crippen LogP contribution >= 0.6 is 43.2 Å². The van der Waals surface area contributed by atoms with Gasteiger partial charge in [-0.3, -0.25) is 52.9 Å². The standard InChI is InChI=1S/C23H31NO8S2.C18H28O4S2.C9H8N2O7/c25-20-9-10-21(26)24(20)32-23(28)30-13-15-34-33-14-12-29-11-5-8-22(27)31-16-19-17-6-3-1-2-4-7-18(17)19;19-9-12-23-24-13-11-21-10-5-8-18(20)22-14-17-15-6-3-1-2-4-7-16(15)17;12-5-1-2-6(13)10(5)17-9(16)18-11-7(14)3-4-8(11)15/h17-19H,3-16H2;15-17,19H,3-14H2;1-4H2. The molecule has 0 aromatic rings. The summed E-state index contributed by atoms with van der Waals surface area (Å²) in [5.74, 6) is 15.6. The number of aliphatic hydroxyl groups is 1. The number of hydroxylamine groups is 6. The summed E-state index contributed by atoms with van der Waals surface area (Å²) < 4.78 is 26.8. The van der Waals surface area contributed by atoms with Gasteiger partial charge in [-0.1, -0.05) is 58.4 Å². The highest BCUT2D eigenvalue weighted by molar-refractivity contribution is 8.77. The lowest BCUT2D eigenvalue weighted by atomic mass is 10.1. The summed E-state index contributed by atoms with van der Waals surface area (Å²) in [6.07, 6.45) is 8.00. The van der Waals surface area contributed by atoms with Crippen molar-refractivity contribution >= 4 is 103 Å². The second kappa shape index (κ2) is 34.9. The van der Waals surface area contributed by atoms with E-state index in [-0.39, 0.29) is 73.8 Å². The summed E-state index contributed by atoms with van der Waals surface area (Å²) in [5, 5.41) is 9.61. The summed E-state index contributed by atoms with van der Waals surface area (Å²) in [6.45, 7) is 3.81. The minimum atomic E-state index is -1.48. The van der Waals surface area contributed by atoms with Crippen LogP contribution in [0.4, 0.5) is 9.59 Å². The summed E-state index contributed by atoms with van der Waals surface area (Å²) in [4.78, 5) is 127. The Labute approximate surface area is 457 Å². The third-order valence-electron chi connectivity index (χ3n) is 12.8. The molecule has 3 heterocycles. The zero-order valence-corrected chi connectivity index (χ0v) is 45.7. The van der Waals surface area contributed by atoms with Gasteiger partial charge in [0.1, 0.15) is 6.61 Å². The molecule has 4 atom stereocenters. The maximum absolute atomic E-state index is 11.9. The zero-order chi connectivity index (χ0) is 54.5. The average molecular weight is 1140 g/mol. The molecule has 76 heavy (non-hydrogen) atoms. The highest BCUT2D eigenvalue weighted by Crippen LogP contribution is 2.53. The number of amides is 6. The number of esters is 2. The van der Waals surface area contributed by atoms with E-state index in [4.69, 9.17) is 28.8 Å². The van der Waals surface area contributed by atoms with E-state index in [1.54, 1.807) is 32.4 Å². The Bertz CT molecular complexity index is 2020. The average Bonchev–Trinajstić information content (AvgIpc) is 4.10. The maximum Gasteiger partial charge on any atom is 0.560 e. The number of ether oxygens (including phenoxy) is 5. The molecule has 3 aliphatic heterocycles. The monoisotopic (exact) mass is 1140 g/mol. The van der Waals surface area contributed by atoms with E-state index in [9.17, 15) is 47.9 Å². The van der Waals surface area contributed by atoms with E-state index in [0.717, 1.165) is 74.0 Å². The summed E-state index contributed by atoms with van der Waals surface area (Å²) in [6, 6.07) is 0. The topological polar surface area (TPSA) is 274 Å². The summed E-state index contributed by atoms with van der Waals surface area (Å²) in [5.41, 5.74) is 0. The molecule has 5 fully saturated rings. The van der Waals surface area contributed by atoms with Gasteiger partial charge in [0.2, 0.25) is 0 Å². The van der Waals surface area contributed by atoms with Gasteiger partial charge in [0.15, 0.2) is 0 Å². The molecule has 4 aliphatic carbocycles. The molecule has 420 valence electrons. The Kier molecular flexibility index (Phi) is 28.6. The molecule has 4 unspecified atom stereocenters. The van der Waals surface area contributed by atoms with Crippen molar-refractivity contribution in [3.05, 3.63) is 0 Å². The maximum atomic E-state index is 11.9. The number of fused-ring (bicyclic) bond motifs is 2. The van der Waals surface area contributed by atoms with Gasteiger partial charge in [-0.25, -0.2) is 4.79 Å². The fourth-order valence-corrected chi connectivity index (χ4v) is 12.1. The van der Waals surface area contributed by atoms with Crippen molar-refractivity contribution < 1.29 is 91.2 Å². The fourth-order valence-electron chi connectivity index (χ4n) is 8.79. The Morgan fingerprint density at radius 3 is 1.13 bits per heavy atom. The number of imide groups is 3. The molecule has 1 N–H and O–H groups in total. The van der Waals surface area contributed by atoms with Crippen LogP contribution in [0.2, 0.25) is 0 Å². The smallest absolute Gasteiger partial charge is 0.465 e. The van der Waals surface area contributed by atoms with Crippen LogP contribution in [0, 0.1) is 59.2 Å². The van der Waals surface area contributed by atoms with Crippen molar-refractivity contribution in [1.82, 2.24) is 15.2 Å². The third-order valence-corrected chi connectivity index (χ3v) is 17.4. The minimum Gasteiger partial charge on any atom is -0.465 e. The summed E-state index contributed by atoms with van der Waals surface area (Å²) in [7, 11) is 6.44. The SMILES string of the molecule is O=C(CCCOCCSSCCO)OCC1C2CCC#CCCC21.O=C(CCCOCCSSCCOC(=O)ON1C(=O)CCC1=O)OCC1C2CCC#CCCC21.O=C(ON1C(=O)CCC1=O)ON1C(=O)CCC1=O. The van der Waals surface area contributed by atoms with Gasteiger partial charge < -0.3 is 28.8 Å². The molecule has 0 radical (unpaired) electrons. The Balaban J connectivity index is 0.000000222. The second-order valence-electron chi connectivity index (χ2n) is 18.0. The van der Waals surface area contributed by atoms with E-state index in [0.29, 0.717) is 93.4 Å². The lowest BCUT2D eigenvalue weighted by Gasteiger charge is -2.15. The molecule has 7 rings (SSSR count). The molecule has 2 saturated carbocycles. The summed E-state index contributed by atoms with van der Waals surface area (Å²) >= 11 is 0. The van der Waals surface area contributed by atoms with Gasteiger partial charge in [-0.15, -0.1) is 23.7 Å². The highest BCUT2D eigenvalue weighted by Gasteiger charge is 2.50.